The van der Waals surface area contributed by atoms with Crippen LogP contribution in [-0.4, -0.2) is 32.0 Å². The molecular formula is C11H22F3NO. The first-order valence-electron chi connectivity index (χ1n) is 5.87. The third-order valence-electron chi connectivity index (χ3n) is 2.34. The lowest BCUT2D eigenvalue weighted by atomic mass is 10.1. The monoisotopic (exact) mass is 241 g/mol. The highest BCUT2D eigenvalue weighted by molar-refractivity contribution is 4.64. The van der Waals surface area contributed by atoms with E-state index in [1.165, 1.54) is 0 Å². The van der Waals surface area contributed by atoms with Gasteiger partial charge in [-0.05, 0) is 12.8 Å². The SMILES string of the molecule is CCCCC(CC)NCCOCC(F)(F)F. The van der Waals surface area contributed by atoms with Gasteiger partial charge in [0.1, 0.15) is 6.61 Å². The quantitative estimate of drug-likeness (QED) is 0.626. The summed E-state index contributed by atoms with van der Waals surface area (Å²) >= 11 is 0. The minimum absolute atomic E-state index is 0.113. The summed E-state index contributed by atoms with van der Waals surface area (Å²) in [6.45, 7) is 3.64. The normalized spacial score (nSPS) is 14.1. The molecule has 0 aromatic heterocycles. The Morgan fingerprint density at radius 1 is 1.25 bits per heavy atom. The number of rotatable bonds is 9. The van der Waals surface area contributed by atoms with E-state index in [1.54, 1.807) is 0 Å². The fourth-order valence-electron chi connectivity index (χ4n) is 1.42. The molecular weight excluding hydrogens is 219 g/mol. The molecule has 0 aliphatic carbocycles. The molecule has 0 aliphatic rings. The molecule has 1 N–H and O–H groups in total. The molecule has 1 atom stereocenters. The van der Waals surface area contributed by atoms with Crippen LogP contribution in [0.1, 0.15) is 39.5 Å². The lowest BCUT2D eigenvalue weighted by Crippen LogP contribution is -2.32. The Kier molecular flexibility index (Phi) is 8.66. The Morgan fingerprint density at radius 3 is 2.44 bits per heavy atom. The van der Waals surface area contributed by atoms with E-state index in [0.29, 0.717) is 12.6 Å². The zero-order valence-electron chi connectivity index (χ0n) is 10.1. The fourth-order valence-corrected chi connectivity index (χ4v) is 1.42. The first-order valence-corrected chi connectivity index (χ1v) is 5.87. The number of hydrogen-bond acceptors (Lipinski definition) is 2. The van der Waals surface area contributed by atoms with Crippen LogP contribution >= 0.6 is 0 Å². The number of halogens is 3. The molecule has 16 heavy (non-hydrogen) atoms. The standard InChI is InChI=1S/C11H22F3NO/c1-3-5-6-10(4-2)15-7-8-16-9-11(12,13)14/h10,15H,3-9H2,1-2H3. The first-order chi connectivity index (χ1) is 7.49. The third-order valence-corrected chi connectivity index (χ3v) is 2.34. The van der Waals surface area contributed by atoms with Crippen LogP contribution in [0.3, 0.4) is 0 Å². The summed E-state index contributed by atoms with van der Waals surface area (Å²) in [6.07, 6.45) is 0.148. The van der Waals surface area contributed by atoms with E-state index in [1.807, 2.05) is 0 Å². The van der Waals surface area contributed by atoms with Gasteiger partial charge in [-0.1, -0.05) is 26.7 Å². The molecule has 0 radical (unpaired) electrons. The number of hydrogen-bond donors (Lipinski definition) is 1. The van der Waals surface area contributed by atoms with Gasteiger partial charge in [-0.15, -0.1) is 0 Å². The van der Waals surface area contributed by atoms with E-state index >= 15 is 0 Å². The van der Waals surface area contributed by atoms with Crippen molar-refractivity contribution in [2.45, 2.75) is 51.7 Å². The molecule has 0 bridgehead atoms. The van der Waals surface area contributed by atoms with Crippen molar-refractivity contribution in [2.24, 2.45) is 0 Å². The van der Waals surface area contributed by atoms with Crippen molar-refractivity contribution in [3.05, 3.63) is 0 Å². The van der Waals surface area contributed by atoms with Crippen LogP contribution in [-0.2, 0) is 4.74 Å². The van der Waals surface area contributed by atoms with Crippen molar-refractivity contribution >= 4 is 0 Å². The van der Waals surface area contributed by atoms with Crippen LogP contribution < -0.4 is 5.32 Å². The fraction of sp³-hybridized carbons (Fsp3) is 1.00. The van der Waals surface area contributed by atoms with Crippen molar-refractivity contribution in [2.75, 3.05) is 19.8 Å². The zero-order valence-corrected chi connectivity index (χ0v) is 10.1. The van der Waals surface area contributed by atoms with E-state index in [-0.39, 0.29) is 6.61 Å². The molecule has 0 heterocycles. The number of nitrogens with one attached hydrogen (secondary N) is 1. The van der Waals surface area contributed by atoms with Crippen LogP contribution in [0.25, 0.3) is 0 Å². The Labute approximate surface area is 95.5 Å². The molecule has 0 fully saturated rings. The average Bonchev–Trinajstić information content (AvgIpc) is 2.20. The Balaban J connectivity index is 3.41. The van der Waals surface area contributed by atoms with Crippen LogP contribution in [0.2, 0.25) is 0 Å². The lowest BCUT2D eigenvalue weighted by molar-refractivity contribution is -0.173. The molecule has 98 valence electrons. The highest BCUT2D eigenvalue weighted by Gasteiger charge is 2.27. The van der Waals surface area contributed by atoms with Crippen LogP contribution in [0.15, 0.2) is 0 Å². The number of alkyl halides is 3. The summed E-state index contributed by atoms with van der Waals surface area (Å²) in [6, 6.07) is 0.398. The molecule has 0 amide bonds. The van der Waals surface area contributed by atoms with Crippen molar-refractivity contribution in [3.63, 3.8) is 0 Å². The van der Waals surface area contributed by atoms with Gasteiger partial charge >= 0.3 is 6.18 Å². The minimum atomic E-state index is -4.22. The molecule has 5 heteroatoms. The molecule has 0 aromatic carbocycles. The highest BCUT2D eigenvalue weighted by atomic mass is 19.4. The van der Waals surface area contributed by atoms with Gasteiger partial charge in [0.25, 0.3) is 0 Å². The van der Waals surface area contributed by atoms with E-state index in [4.69, 9.17) is 0 Å². The number of ether oxygens (including phenoxy) is 1. The summed E-state index contributed by atoms with van der Waals surface area (Å²) in [5.74, 6) is 0. The first kappa shape index (κ1) is 15.7. The highest BCUT2D eigenvalue weighted by Crippen LogP contribution is 2.14. The molecule has 0 spiro atoms. The molecule has 1 unspecified atom stereocenters. The van der Waals surface area contributed by atoms with Gasteiger partial charge in [-0.2, -0.15) is 13.2 Å². The maximum Gasteiger partial charge on any atom is 0.411 e. The second-order valence-corrected chi connectivity index (χ2v) is 3.87. The molecule has 0 aliphatic heterocycles. The maximum atomic E-state index is 11.7. The van der Waals surface area contributed by atoms with Gasteiger partial charge in [0.05, 0.1) is 6.61 Å². The predicted octanol–water partition coefficient (Wildman–Crippen LogP) is 3.12. The third kappa shape index (κ3) is 10.2. The van der Waals surface area contributed by atoms with Gasteiger partial charge in [-0.25, -0.2) is 0 Å². The summed E-state index contributed by atoms with van der Waals surface area (Å²) in [5, 5.41) is 3.20. The van der Waals surface area contributed by atoms with Gasteiger partial charge in [0, 0.05) is 12.6 Å². The summed E-state index contributed by atoms with van der Waals surface area (Å²) < 4.78 is 39.7. The molecule has 0 saturated heterocycles. The molecule has 0 saturated carbocycles. The topological polar surface area (TPSA) is 21.3 Å². The Bertz CT molecular complexity index is 162. The van der Waals surface area contributed by atoms with E-state index < -0.39 is 12.8 Å². The van der Waals surface area contributed by atoms with Crippen LogP contribution in [0, 0.1) is 0 Å². The predicted molar refractivity (Wildman–Crippen MR) is 58.5 cm³/mol. The summed E-state index contributed by atoms with van der Waals surface area (Å²) in [5.41, 5.74) is 0. The van der Waals surface area contributed by atoms with E-state index in [2.05, 4.69) is 23.9 Å². The molecule has 0 aromatic rings. The van der Waals surface area contributed by atoms with Gasteiger partial charge in [0.15, 0.2) is 0 Å². The van der Waals surface area contributed by atoms with Crippen molar-refractivity contribution < 1.29 is 17.9 Å². The van der Waals surface area contributed by atoms with Crippen LogP contribution in [0.4, 0.5) is 13.2 Å². The second kappa shape index (κ2) is 8.82. The minimum Gasteiger partial charge on any atom is -0.371 e. The summed E-state index contributed by atoms with van der Waals surface area (Å²) in [4.78, 5) is 0. The zero-order chi connectivity index (χ0) is 12.4. The maximum absolute atomic E-state index is 11.7. The van der Waals surface area contributed by atoms with E-state index in [9.17, 15) is 13.2 Å². The average molecular weight is 241 g/mol. The smallest absolute Gasteiger partial charge is 0.371 e. The van der Waals surface area contributed by atoms with Gasteiger partial charge in [-0.3, -0.25) is 0 Å². The number of unbranched alkanes of at least 4 members (excludes halogenated alkanes) is 1. The largest absolute Gasteiger partial charge is 0.411 e. The lowest BCUT2D eigenvalue weighted by Gasteiger charge is -2.16. The molecule has 0 rings (SSSR count). The van der Waals surface area contributed by atoms with Gasteiger partial charge in [0.2, 0.25) is 0 Å². The Hall–Kier alpha value is -0.290. The Morgan fingerprint density at radius 2 is 1.94 bits per heavy atom. The van der Waals surface area contributed by atoms with Crippen molar-refractivity contribution in [1.29, 1.82) is 0 Å². The van der Waals surface area contributed by atoms with Gasteiger partial charge < -0.3 is 10.1 Å². The second-order valence-electron chi connectivity index (χ2n) is 3.87. The molecule has 2 nitrogen and oxygen atoms in total. The van der Waals surface area contributed by atoms with Crippen molar-refractivity contribution in [3.8, 4) is 0 Å². The van der Waals surface area contributed by atoms with E-state index in [0.717, 1.165) is 25.7 Å². The van der Waals surface area contributed by atoms with Crippen molar-refractivity contribution in [1.82, 2.24) is 5.32 Å². The summed E-state index contributed by atoms with van der Waals surface area (Å²) in [7, 11) is 0. The van der Waals surface area contributed by atoms with Crippen LogP contribution in [0.5, 0.6) is 0 Å².